The van der Waals surface area contributed by atoms with E-state index in [-0.39, 0.29) is 5.56 Å². The van der Waals surface area contributed by atoms with Crippen molar-refractivity contribution in [1.29, 1.82) is 0 Å². The van der Waals surface area contributed by atoms with Gasteiger partial charge >= 0.3 is 0 Å². The zero-order valence-corrected chi connectivity index (χ0v) is 11.6. The normalized spacial score (nSPS) is 10.2. The summed E-state index contributed by atoms with van der Waals surface area (Å²) in [6.45, 7) is 2.71. The van der Waals surface area contributed by atoms with Gasteiger partial charge in [0, 0.05) is 24.0 Å². The average molecular weight is 289 g/mol. The monoisotopic (exact) mass is 289 g/mol. The van der Waals surface area contributed by atoms with Crippen LogP contribution in [0.15, 0.2) is 36.7 Å². The Morgan fingerprint density at radius 3 is 2.86 bits per heavy atom. The lowest BCUT2D eigenvalue weighted by molar-refractivity contribution is 0.102. The van der Waals surface area contributed by atoms with E-state index in [1.165, 1.54) is 6.20 Å². The molecule has 110 valence electrons. The number of nitrogens with one attached hydrogen (secondary N) is 1. The van der Waals surface area contributed by atoms with E-state index in [0.29, 0.717) is 24.6 Å². The van der Waals surface area contributed by atoms with E-state index in [0.717, 1.165) is 17.8 Å². The third-order valence-electron chi connectivity index (χ3n) is 2.81. The number of amides is 1. The number of hydrogen-bond acceptors (Lipinski definition) is 4. The molecule has 6 heteroatoms. The average Bonchev–Trinajstić information content (AvgIpc) is 2.49. The predicted molar refractivity (Wildman–Crippen MR) is 77.7 cm³/mol. The Bertz CT molecular complexity index is 647. The van der Waals surface area contributed by atoms with Crippen LogP contribution in [0.3, 0.4) is 0 Å². The van der Waals surface area contributed by atoms with Crippen molar-refractivity contribution in [2.75, 3.05) is 11.9 Å². The summed E-state index contributed by atoms with van der Waals surface area (Å²) in [6, 6.07) is 6.30. The zero-order chi connectivity index (χ0) is 15.2. The van der Waals surface area contributed by atoms with Gasteiger partial charge in [-0.3, -0.25) is 9.78 Å². The number of aromatic nitrogens is 1. The number of ether oxygens (including phenoxy) is 1. The Kier molecular flexibility index (Phi) is 4.84. The van der Waals surface area contributed by atoms with Crippen molar-refractivity contribution in [3.63, 3.8) is 0 Å². The van der Waals surface area contributed by atoms with E-state index >= 15 is 0 Å². The van der Waals surface area contributed by atoms with Gasteiger partial charge in [-0.2, -0.15) is 0 Å². The number of pyridine rings is 1. The number of halogens is 1. The van der Waals surface area contributed by atoms with E-state index in [1.54, 1.807) is 18.2 Å². The SMILES string of the molecule is CCOc1ccc(NC(=O)c2cncc(F)c2)cc1CN. The number of nitrogens with two attached hydrogens (primary N) is 1. The molecule has 0 spiro atoms. The molecule has 1 amide bonds. The fraction of sp³-hybridized carbons (Fsp3) is 0.200. The largest absolute Gasteiger partial charge is 0.494 e. The van der Waals surface area contributed by atoms with E-state index in [2.05, 4.69) is 10.3 Å². The molecule has 0 saturated carbocycles. The van der Waals surface area contributed by atoms with Crippen molar-refractivity contribution >= 4 is 11.6 Å². The fourth-order valence-corrected chi connectivity index (χ4v) is 1.85. The Balaban J connectivity index is 2.17. The summed E-state index contributed by atoms with van der Waals surface area (Å²) in [5, 5.41) is 2.67. The van der Waals surface area contributed by atoms with Crippen molar-refractivity contribution in [2.45, 2.75) is 13.5 Å². The maximum absolute atomic E-state index is 13.0. The molecule has 5 nitrogen and oxygen atoms in total. The molecule has 1 aromatic carbocycles. The summed E-state index contributed by atoms with van der Waals surface area (Å²) in [5.41, 5.74) is 7.16. The molecule has 3 N–H and O–H groups in total. The van der Waals surface area contributed by atoms with Crippen LogP contribution in [0.4, 0.5) is 10.1 Å². The van der Waals surface area contributed by atoms with Gasteiger partial charge in [-0.15, -0.1) is 0 Å². The Morgan fingerprint density at radius 2 is 2.19 bits per heavy atom. The highest BCUT2D eigenvalue weighted by Gasteiger charge is 2.09. The number of benzene rings is 1. The van der Waals surface area contributed by atoms with Crippen LogP contribution in [-0.2, 0) is 6.54 Å². The maximum atomic E-state index is 13.0. The van der Waals surface area contributed by atoms with Gasteiger partial charge in [0.1, 0.15) is 11.6 Å². The van der Waals surface area contributed by atoms with E-state index in [4.69, 9.17) is 10.5 Å². The molecule has 2 aromatic rings. The third-order valence-corrected chi connectivity index (χ3v) is 2.81. The van der Waals surface area contributed by atoms with E-state index in [9.17, 15) is 9.18 Å². The second kappa shape index (κ2) is 6.81. The fourth-order valence-electron chi connectivity index (χ4n) is 1.85. The number of nitrogens with zero attached hydrogens (tertiary/aromatic N) is 1. The van der Waals surface area contributed by atoms with Crippen molar-refractivity contribution in [3.05, 3.63) is 53.6 Å². The van der Waals surface area contributed by atoms with Crippen molar-refractivity contribution < 1.29 is 13.9 Å². The number of hydrogen-bond donors (Lipinski definition) is 2. The number of carbonyl (C=O) groups is 1. The molecule has 0 aliphatic rings. The molecule has 0 saturated heterocycles. The Hall–Kier alpha value is -2.47. The summed E-state index contributed by atoms with van der Waals surface area (Å²) in [7, 11) is 0. The van der Waals surface area contributed by atoms with Gasteiger partial charge in [-0.1, -0.05) is 0 Å². The molecule has 1 aromatic heterocycles. The third kappa shape index (κ3) is 3.76. The number of rotatable bonds is 5. The van der Waals surface area contributed by atoms with Gasteiger partial charge in [0.05, 0.1) is 18.4 Å². The Morgan fingerprint density at radius 1 is 1.38 bits per heavy atom. The van der Waals surface area contributed by atoms with Crippen LogP contribution in [-0.4, -0.2) is 17.5 Å². The first-order valence-electron chi connectivity index (χ1n) is 6.51. The standard InChI is InChI=1S/C15H16FN3O2/c1-2-21-14-4-3-13(6-10(14)7-17)19-15(20)11-5-12(16)9-18-8-11/h3-6,8-9H,2,7,17H2,1H3,(H,19,20). The van der Waals surface area contributed by atoms with Gasteiger partial charge in [-0.05, 0) is 31.2 Å². The summed E-state index contributed by atoms with van der Waals surface area (Å²) in [4.78, 5) is 15.6. The topological polar surface area (TPSA) is 77.2 Å². The smallest absolute Gasteiger partial charge is 0.257 e. The molecular weight excluding hydrogens is 273 g/mol. The summed E-state index contributed by atoms with van der Waals surface area (Å²) in [5.74, 6) is -0.309. The van der Waals surface area contributed by atoms with Gasteiger partial charge in [0.25, 0.3) is 5.91 Å². The number of carbonyl (C=O) groups excluding carboxylic acids is 1. The minimum absolute atomic E-state index is 0.151. The molecule has 0 aliphatic heterocycles. The van der Waals surface area contributed by atoms with Gasteiger partial charge in [0.2, 0.25) is 0 Å². The van der Waals surface area contributed by atoms with Crippen LogP contribution < -0.4 is 15.8 Å². The molecule has 2 rings (SSSR count). The Labute approximate surface area is 121 Å². The molecule has 21 heavy (non-hydrogen) atoms. The lowest BCUT2D eigenvalue weighted by Crippen LogP contribution is -2.13. The first-order chi connectivity index (χ1) is 10.1. The highest BCUT2D eigenvalue weighted by atomic mass is 19.1. The second-order valence-corrected chi connectivity index (χ2v) is 4.31. The molecule has 0 bridgehead atoms. The van der Waals surface area contributed by atoms with Crippen molar-refractivity contribution in [1.82, 2.24) is 4.98 Å². The maximum Gasteiger partial charge on any atom is 0.257 e. The summed E-state index contributed by atoms with van der Waals surface area (Å²) >= 11 is 0. The molecular formula is C15H16FN3O2. The quantitative estimate of drug-likeness (QED) is 0.885. The molecule has 0 fully saturated rings. The van der Waals surface area contributed by atoms with Crippen LogP contribution >= 0.6 is 0 Å². The molecule has 0 aliphatic carbocycles. The molecule has 0 unspecified atom stereocenters. The summed E-state index contributed by atoms with van der Waals surface area (Å²) < 4.78 is 18.5. The highest BCUT2D eigenvalue weighted by molar-refractivity contribution is 6.04. The van der Waals surface area contributed by atoms with Gasteiger partial charge in [-0.25, -0.2) is 4.39 Å². The van der Waals surface area contributed by atoms with Gasteiger partial charge < -0.3 is 15.8 Å². The van der Waals surface area contributed by atoms with E-state index in [1.807, 2.05) is 6.92 Å². The van der Waals surface area contributed by atoms with Crippen molar-refractivity contribution in [3.8, 4) is 5.75 Å². The summed E-state index contributed by atoms with van der Waals surface area (Å²) in [6.07, 6.45) is 2.34. The molecule has 1 heterocycles. The van der Waals surface area contributed by atoms with Crippen LogP contribution in [0.1, 0.15) is 22.8 Å². The predicted octanol–water partition coefficient (Wildman–Crippen LogP) is 2.33. The van der Waals surface area contributed by atoms with Crippen LogP contribution in [0.25, 0.3) is 0 Å². The second-order valence-electron chi connectivity index (χ2n) is 4.31. The molecule has 0 radical (unpaired) electrons. The van der Waals surface area contributed by atoms with Crippen LogP contribution in [0, 0.1) is 5.82 Å². The highest BCUT2D eigenvalue weighted by Crippen LogP contribution is 2.23. The first-order valence-corrected chi connectivity index (χ1v) is 6.51. The van der Waals surface area contributed by atoms with E-state index < -0.39 is 11.7 Å². The molecule has 0 atom stereocenters. The minimum Gasteiger partial charge on any atom is -0.494 e. The number of anilines is 1. The van der Waals surface area contributed by atoms with Crippen molar-refractivity contribution in [2.24, 2.45) is 5.73 Å². The lowest BCUT2D eigenvalue weighted by Gasteiger charge is -2.11. The minimum atomic E-state index is -0.558. The van der Waals surface area contributed by atoms with Crippen LogP contribution in [0.2, 0.25) is 0 Å². The lowest BCUT2D eigenvalue weighted by atomic mass is 10.1. The zero-order valence-electron chi connectivity index (χ0n) is 11.6. The van der Waals surface area contributed by atoms with Gasteiger partial charge in [0.15, 0.2) is 0 Å². The van der Waals surface area contributed by atoms with Crippen LogP contribution in [0.5, 0.6) is 5.75 Å². The first kappa shape index (κ1) is 14.9.